The molecule has 0 aliphatic rings. The molecule has 1 rings (SSSR count). The first kappa shape index (κ1) is 14.2. The van der Waals surface area contributed by atoms with Gasteiger partial charge < -0.3 is 0 Å². The summed E-state index contributed by atoms with van der Waals surface area (Å²) in [4.78, 5) is 0. The molecule has 9 heteroatoms. The Bertz CT molecular complexity index is 314. The van der Waals surface area contributed by atoms with Crippen molar-refractivity contribution in [3.05, 3.63) is 18.7 Å². The topological polar surface area (TPSA) is 8.81 Å². The maximum atomic E-state index is 9.87. The summed E-state index contributed by atoms with van der Waals surface area (Å²) in [5.41, 5.74) is 0. The van der Waals surface area contributed by atoms with Crippen LogP contribution in [0.1, 0.15) is 6.92 Å². The molecular weight excluding hydrogens is 245 g/mol. The van der Waals surface area contributed by atoms with Gasteiger partial charge >= 0.3 is 33.0 Å². The molecule has 1 heterocycles. The zero-order valence-corrected chi connectivity index (χ0v) is 8.94. The molecule has 92 valence electrons. The molecule has 0 unspecified atom stereocenters. The van der Waals surface area contributed by atoms with Gasteiger partial charge in [-0.25, -0.2) is 9.13 Å². The number of aromatic nitrogens is 2. The maximum absolute atomic E-state index is 10.7. The van der Waals surface area contributed by atoms with Crippen LogP contribution in [0.5, 0.6) is 0 Å². The van der Waals surface area contributed by atoms with Gasteiger partial charge in [-0.2, -0.15) is 0 Å². The van der Waals surface area contributed by atoms with Gasteiger partial charge in [0.25, 0.3) is 0 Å². The average molecular weight is 256 g/mol. The first-order valence-electron chi connectivity index (χ1n) is 3.85. The van der Waals surface area contributed by atoms with Gasteiger partial charge in [-0.15, -0.1) is 0 Å². The van der Waals surface area contributed by atoms with Crippen LogP contribution < -0.4 is 4.57 Å². The third-order valence-corrected chi connectivity index (χ3v) is 1.19. The Morgan fingerprint density at radius 3 is 1.67 bits per heavy atom. The average Bonchev–Trinajstić information content (AvgIpc) is 2.28. The molecular formula is C6H11F6N2P. The molecule has 0 fully saturated rings. The Morgan fingerprint density at radius 1 is 1.13 bits per heavy atom. The van der Waals surface area contributed by atoms with Crippen molar-refractivity contribution in [2.75, 3.05) is 0 Å². The predicted octanol–water partition coefficient (Wildman–Crippen LogP) is 3.71. The molecule has 0 radical (unpaired) electrons. The Balaban J connectivity index is 0.000000265. The van der Waals surface area contributed by atoms with Crippen molar-refractivity contribution >= 4 is 7.81 Å². The third kappa shape index (κ3) is 15.9. The van der Waals surface area contributed by atoms with E-state index >= 15 is 0 Å². The molecule has 0 saturated heterocycles. The number of imidazole rings is 1. The molecule has 1 aromatic heterocycles. The number of halogens is 6. The minimum atomic E-state index is -10.7. The Morgan fingerprint density at radius 2 is 1.53 bits per heavy atom. The van der Waals surface area contributed by atoms with E-state index < -0.39 is 7.81 Å². The first-order chi connectivity index (χ1) is 6.28. The summed E-state index contributed by atoms with van der Waals surface area (Å²) >= 11 is 0. The normalized spacial score (nSPS) is 16.0. The minimum absolute atomic E-state index is 1.06. The Kier molecular flexibility index (Phi) is 3.19. The zero-order valence-electron chi connectivity index (χ0n) is 8.05. The summed E-state index contributed by atoms with van der Waals surface area (Å²) in [5, 5.41) is 0. The third-order valence-electron chi connectivity index (χ3n) is 1.19. The van der Waals surface area contributed by atoms with Crippen molar-refractivity contribution in [1.29, 1.82) is 0 Å². The second-order valence-corrected chi connectivity index (χ2v) is 4.78. The van der Waals surface area contributed by atoms with Crippen molar-refractivity contribution in [3.8, 4) is 0 Å². The van der Waals surface area contributed by atoms with Gasteiger partial charge in [0.05, 0.1) is 13.6 Å². The summed E-state index contributed by atoms with van der Waals surface area (Å²) in [6.45, 7) is 3.18. The van der Waals surface area contributed by atoms with E-state index in [2.05, 4.69) is 24.0 Å². The van der Waals surface area contributed by atoms with Crippen LogP contribution in [0.15, 0.2) is 18.7 Å². The van der Waals surface area contributed by atoms with Crippen LogP contribution in [0.4, 0.5) is 25.2 Å². The van der Waals surface area contributed by atoms with E-state index in [1.54, 1.807) is 0 Å². The van der Waals surface area contributed by atoms with Crippen molar-refractivity contribution < 1.29 is 29.7 Å². The van der Waals surface area contributed by atoms with Crippen LogP contribution in [-0.4, -0.2) is 4.57 Å². The van der Waals surface area contributed by atoms with Crippen molar-refractivity contribution in [1.82, 2.24) is 4.57 Å². The molecule has 0 amide bonds. The fraction of sp³-hybridized carbons (Fsp3) is 0.500. The van der Waals surface area contributed by atoms with Gasteiger partial charge in [0.1, 0.15) is 12.4 Å². The van der Waals surface area contributed by atoms with Crippen molar-refractivity contribution in [2.45, 2.75) is 13.5 Å². The quantitative estimate of drug-likeness (QED) is 0.411. The molecule has 2 nitrogen and oxygen atoms in total. The summed E-state index contributed by atoms with van der Waals surface area (Å²) in [7, 11) is -8.64. The fourth-order valence-electron chi connectivity index (χ4n) is 0.689. The first-order valence-corrected chi connectivity index (χ1v) is 5.88. The van der Waals surface area contributed by atoms with Crippen LogP contribution in [0.2, 0.25) is 0 Å². The van der Waals surface area contributed by atoms with Gasteiger partial charge in [-0.05, 0) is 6.92 Å². The second-order valence-electron chi connectivity index (χ2n) is 2.87. The van der Waals surface area contributed by atoms with Crippen LogP contribution in [0, 0.1) is 0 Å². The molecule has 0 N–H and O–H groups in total. The molecule has 0 spiro atoms. The van der Waals surface area contributed by atoms with Crippen LogP contribution >= 0.6 is 7.81 Å². The molecule has 0 aromatic carbocycles. The Labute approximate surface area is 82.4 Å². The van der Waals surface area contributed by atoms with Gasteiger partial charge in [-0.1, -0.05) is 0 Å². The SMILES string of the molecule is CCn1cc[n+](C)c1.F[P-](F)(F)(F)(F)F. The number of hydrogen-bond acceptors (Lipinski definition) is 0. The van der Waals surface area contributed by atoms with Gasteiger partial charge in [0.15, 0.2) is 0 Å². The summed E-state index contributed by atoms with van der Waals surface area (Å²) in [5.74, 6) is 0. The summed E-state index contributed by atoms with van der Waals surface area (Å²) in [6.07, 6.45) is 6.14. The molecule has 0 bridgehead atoms. The monoisotopic (exact) mass is 256 g/mol. The molecule has 0 saturated carbocycles. The zero-order chi connectivity index (χ0) is 12.4. The van der Waals surface area contributed by atoms with Crippen LogP contribution in [0.3, 0.4) is 0 Å². The van der Waals surface area contributed by atoms with E-state index in [9.17, 15) is 25.2 Å². The number of hydrogen-bond donors (Lipinski definition) is 0. The fourth-order valence-corrected chi connectivity index (χ4v) is 0.689. The predicted molar refractivity (Wildman–Crippen MR) is 44.9 cm³/mol. The molecule has 1 aromatic rings. The van der Waals surface area contributed by atoms with Gasteiger partial charge in [0, 0.05) is 0 Å². The molecule has 0 aliphatic carbocycles. The van der Waals surface area contributed by atoms with E-state index in [1.807, 2.05) is 17.8 Å². The van der Waals surface area contributed by atoms with Crippen LogP contribution in [0.25, 0.3) is 0 Å². The van der Waals surface area contributed by atoms with Gasteiger partial charge in [0.2, 0.25) is 6.33 Å². The number of aryl methyl sites for hydroxylation is 2. The van der Waals surface area contributed by atoms with Crippen LogP contribution in [-0.2, 0) is 13.6 Å². The summed E-state index contributed by atoms with van der Waals surface area (Å²) in [6, 6.07) is 0. The standard InChI is InChI=1S/C6H11N2.F6P/c1-3-8-5-4-7(2)6-8;1-7(2,3,4,5)6/h4-6H,3H2,1-2H3;/q+1;-1. The van der Waals surface area contributed by atoms with E-state index in [0.29, 0.717) is 0 Å². The second kappa shape index (κ2) is 3.37. The molecule has 0 atom stereocenters. The summed E-state index contributed by atoms with van der Waals surface area (Å²) < 4.78 is 63.4. The van der Waals surface area contributed by atoms with Crippen molar-refractivity contribution in [2.24, 2.45) is 7.05 Å². The number of nitrogens with zero attached hydrogens (tertiary/aromatic N) is 2. The van der Waals surface area contributed by atoms with E-state index in [1.165, 1.54) is 0 Å². The van der Waals surface area contributed by atoms with Crippen molar-refractivity contribution in [3.63, 3.8) is 0 Å². The molecule has 15 heavy (non-hydrogen) atoms. The number of rotatable bonds is 1. The Hall–Kier alpha value is -0.780. The van der Waals surface area contributed by atoms with E-state index in [4.69, 9.17) is 0 Å². The molecule has 0 aliphatic heterocycles. The van der Waals surface area contributed by atoms with Gasteiger partial charge in [-0.3, -0.25) is 0 Å². The van der Waals surface area contributed by atoms with E-state index in [-0.39, 0.29) is 0 Å². The van der Waals surface area contributed by atoms with E-state index in [0.717, 1.165) is 6.54 Å².